The fourth-order valence-electron chi connectivity index (χ4n) is 1.27. The molecule has 72 valence electrons. The summed E-state index contributed by atoms with van der Waals surface area (Å²) in [6.07, 6.45) is -3.23. The lowest BCUT2D eigenvalue weighted by atomic mass is 9.98. The number of halogens is 1. The number of ether oxygens (including phenoxy) is 1. The number of alkyl halides is 1. The second-order valence-electron chi connectivity index (χ2n) is 2.99. The van der Waals surface area contributed by atoms with Crippen molar-refractivity contribution in [1.82, 2.24) is 0 Å². The summed E-state index contributed by atoms with van der Waals surface area (Å²) < 4.78 is 5.14. The van der Waals surface area contributed by atoms with Gasteiger partial charge in [0.1, 0.15) is 18.3 Å². The van der Waals surface area contributed by atoms with Crippen LogP contribution in [0.15, 0.2) is 0 Å². The van der Waals surface area contributed by atoms with Gasteiger partial charge in [-0.2, -0.15) is 0 Å². The first kappa shape index (κ1) is 10.2. The zero-order valence-electron chi connectivity index (χ0n) is 6.72. The van der Waals surface area contributed by atoms with E-state index < -0.39 is 23.7 Å². The Balaban J connectivity index is 2.63. The van der Waals surface area contributed by atoms with E-state index in [-0.39, 0.29) is 12.7 Å². The molecule has 12 heavy (non-hydrogen) atoms. The van der Waals surface area contributed by atoms with E-state index >= 15 is 0 Å². The molecular weight excluding hydrogens is 184 g/mol. The van der Waals surface area contributed by atoms with E-state index in [0.717, 1.165) is 0 Å². The van der Waals surface area contributed by atoms with Crippen LogP contribution in [0.4, 0.5) is 0 Å². The maximum atomic E-state index is 9.35. The highest BCUT2D eigenvalue weighted by Gasteiger charge is 2.41. The monoisotopic (exact) mass is 196 g/mol. The Bertz CT molecular complexity index is 150. The van der Waals surface area contributed by atoms with Crippen LogP contribution in [0.25, 0.3) is 0 Å². The van der Waals surface area contributed by atoms with Crippen LogP contribution < -0.4 is 0 Å². The van der Waals surface area contributed by atoms with Crippen molar-refractivity contribution in [2.75, 3.05) is 6.61 Å². The number of hydrogen-bond acceptors (Lipinski definition) is 4. The average Bonchev–Trinajstić information content (AvgIpc) is 2.08. The highest BCUT2D eigenvalue weighted by molar-refractivity contribution is 6.21. The second-order valence-corrected chi connectivity index (χ2v) is 3.49. The van der Waals surface area contributed by atoms with Crippen LogP contribution in [0, 0.1) is 0 Å². The summed E-state index contributed by atoms with van der Waals surface area (Å²) in [5, 5.41) is 26.8. The first-order valence-corrected chi connectivity index (χ1v) is 4.28. The molecule has 5 heteroatoms. The standard InChI is InChI=1S/C7H13ClO4/c1-3-5(8)7(11)6(10)4(2-9)12-3/h3-7,9-11H,2H2,1H3. The summed E-state index contributed by atoms with van der Waals surface area (Å²) in [6, 6.07) is 0. The molecule has 0 spiro atoms. The van der Waals surface area contributed by atoms with Gasteiger partial charge in [-0.15, -0.1) is 11.6 Å². The lowest BCUT2D eigenvalue weighted by Crippen LogP contribution is -2.55. The molecule has 1 saturated heterocycles. The van der Waals surface area contributed by atoms with Gasteiger partial charge in [0, 0.05) is 0 Å². The topological polar surface area (TPSA) is 69.9 Å². The van der Waals surface area contributed by atoms with E-state index in [9.17, 15) is 10.2 Å². The van der Waals surface area contributed by atoms with Crippen LogP contribution in [-0.4, -0.2) is 51.7 Å². The predicted octanol–water partition coefficient (Wildman–Crippen LogP) is -0.905. The molecule has 1 aliphatic rings. The van der Waals surface area contributed by atoms with Gasteiger partial charge in [-0.1, -0.05) is 0 Å². The Morgan fingerprint density at radius 3 is 2.42 bits per heavy atom. The summed E-state index contributed by atoms with van der Waals surface area (Å²) in [7, 11) is 0. The molecule has 1 fully saturated rings. The minimum atomic E-state index is -1.10. The van der Waals surface area contributed by atoms with Crippen LogP contribution in [0.2, 0.25) is 0 Å². The summed E-state index contributed by atoms with van der Waals surface area (Å²) in [5.74, 6) is 0. The summed E-state index contributed by atoms with van der Waals surface area (Å²) in [4.78, 5) is 0. The number of aliphatic hydroxyl groups is 3. The lowest BCUT2D eigenvalue weighted by Gasteiger charge is -2.38. The first-order valence-electron chi connectivity index (χ1n) is 3.84. The van der Waals surface area contributed by atoms with Crippen molar-refractivity contribution in [2.24, 2.45) is 0 Å². The van der Waals surface area contributed by atoms with Crippen LogP contribution in [0.5, 0.6) is 0 Å². The van der Waals surface area contributed by atoms with Crippen molar-refractivity contribution >= 4 is 11.6 Å². The third-order valence-electron chi connectivity index (χ3n) is 2.07. The van der Waals surface area contributed by atoms with Gasteiger partial charge in [-0.3, -0.25) is 0 Å². The van der Waals surface area contributed by atoms with Gasteiger partial charge in [-0.25, -0.2) is 0 Å². The first-order chi connectivity index (χ1) is 5.57. The van der Waals surface area contributed by atoms with E-state index in [1.807, 2.05) is 0 Å². The molecule has 0 radical (unpaired) electrons. The van der Waals surface area contributed by atoms with E-state index in [0.29, 0.717) is 0 Å². The van der Waals surface area contributed by atoms with Crippen molar-refractivity contribution in [2.45, 2.75) is 36.7 Å². The maximum absolute atomic E-state index is 9.35. The highest BCUT2D eigenvalue weighted by Crippen LogP contribution is 2.24. The molecule has 0 saturated carbocycles. The fourth-order valence-corrected chi connectivity index (χ4v) is 1.48. The molecule has 0 aromatic rings. The van der Waals surface area contributed by atoms with Crippen molar-refractivity contribution in [1.29, 1.82) is 0 Å². The smallest absolute Gasteiger partial charge is 0.110 e. The molecule has 1 rings (SSSR count). The van der Waals surface area contributed by atoms with Crippen LogP contribution in [0.1, 0.15) is 6.92 Å². The van der Waals surface area contributed by atoms with Gasteiger partial charge in [0.25, 0.3) is 0 Å². The van der Waals surface area contributed by atoms with Gasteiger partial charge in [0.05, 0.1) is 18.1 Å². The number of rotatable bonds is 1. The van der Waals surface area contributed by atoms with Crippen molar-refractivity contribution in [3.05, 3.63) is 0 Å². The average molecular weight is 197 g/mol. The summed E-state index contributed by atoms with van der Waals surface area (Å²) in [5.41, 5.74) is 0. The molecule has 5 atom stereocenters. The van der Waals surface area contributed by atoms with Crippen LogP contribution in [-0.2, 0) is 4.74 Å². The molecule has 1 heterocycles. The Labute approximate surface area is 75.7 Å². The minimum Gasteiger partial charge on any atom is -0.394 e. The zero-order chi connectivity index (χ0) is 9.30. The van der Waals surface area contributed by atoms with Crippen molar-refractivity contribution in [3.63, 3.8) is 0 Å². The van der Waals surface area contributed by atoms with Gasteiger partial charge >= 0.3 is 0 Å². The Kier molecular flexibility index (Phi) is 3.31. The van der Waals surface area contributed by atoms with E-state index in [1.54, 1.807) is 6.92 Å². The quantitative estimate of drug-likeness (QED) is 0.476. The molecule has 0 amide bonds. The molecule has 0 aromatic heterocycles. The predicted molar refractivity (Wildman–Crippen MR) is 43.1 cm³/mol. The molecule has 0 aliphatic carbocycles. The second kappa shape index (κ2) is 3.89. The molecule has 1 aliphatic heterocycles. The largest absolute Gasteiger partial charge is 0.394 e. The number of hydrogen-bond donors (Lipinski definition) is 3. The highest BCUT2D eigenvalue weighted by atomic mass is 35.5. The Morgan fingerprint density at radius 1 is 1.33 bits per heavy atom. The van der Waals surface area contributed by atoms with Crippen LogP contribution >= 0.6 is 11.6 Å². The number of aliphatic hydroxyl groups excluding tert-OH is 3. The molecular formula is C7H13ClO4. The summed E-state index contributed by atoms with van der Waals surface area (Å²) >= 11 is 5.72. The van der Waals surface area contributed by atoms with Gasteiger partial charge in [-0.05, 0) is 6.92 Å². The van der Waals surface area contributed by atoms with Crippen molar-refractivity contribution in [3.8, 4) is 0 Å². The van der Waals surface area contributed by atoms with Gasteiger partial charge in [0.15, 0.2) is 0 Å². The molecule has 4 nitrogen and oxygen atoms in total. The maximum Gasteiger partial charge on any atom is 0.110 e. The third kappa shape index (κ3) is 1.72. The molecule has 0 bridgehead atoms. The Morgan fingerprint density at radius 2 is 1.92 bits per heavy atom. The van der Waals surface area contributed by atoms with Gasteiger partial charge < -0.3 is 20.1 Å². The van der Waals surface area contributed by atoms with E-state index in [1.165, 1.54) is 0 Å². The molecule has 0 aromatic carbocycles. The van der Waals surface area contributed by atoms with Crippen LogP contribution in [0.3, 0.4) is 0 Å². The lowest BCUT2D eigenvalue weighted by molar-refractivity contribution is -0.171. The Hall–Kier alpha value is 0.130. The van der Waals surface area contributed by atoms with E-state index in [4.69, 9.17) is 21.4 Å². The zero-order valence-corrected chi connectivity index (χ0v) is 7.48. The third-order valence-corrected chi connectivity index (χ3v) is 2.69. The normalized spacial score (nSPS) is 49.2. The summed E-state index contributed by atoms with van der Waals surface area (Å²) in [6.45, 7) is 1.38. The molecule has 5 unspecified atom stereocenters. The minimum absolute atomic E-state index is 0.313. The SMILES string of the molecule is CC1OC(CO)C(O)C(O)C1Cl. The van der Waals surface area contributed by atoms with Gasteiger partial charge in [0.2, 0.25) is 0 Å². The fraction of sp³-hybridized carbons (Fsp3) is 1.00. The molecule has 3 N–H and O–H groups in total. The van der Waals surface area contributed by atoms with Crippen molar-refractivity contribution < 1.29 is 20.1 Å². The van der Waals surface area contributed by atoms with E-state index in [2.05, 4.69) is 0 Å².